The van der Waals surface area contributed by atoms with Gasteiger partial charge in [0.05, 0.1) is 13.2 Å². The zero-order chi connectivity index (χ0) is 15.4. The molecule has 1 saturated carbocycles. The van der Waals surface area contributed by atoms with Crippen molar-refractivity contribution in [3.63, 3.8) is 0 Å². The molecule has 1 aromatic rings. The van der Waals surface area contributed by atoms with Gasteiger partial charge in [-0.2, -0.15) is 0 Å². The highest BCUT2D eigenvalue weighted by atomic mass is 79.9. The van der Waals surface area contributed by atoms with Gasteiger partial charge in [0, 0.05) is 18.4 Å². The lowest BCUT2D eigenvalue weighted by atomic mass is 9.91. The fourth-order valence-corrected chi connectivity index (χ4v) is 3.53. The van der Waals surface area contributed by atoms with Gasteiger partial charge in [0.15, 0.2) is 0 Å². The molecule has 118 valence electrons. The van der Waals surface area contributed by atoms with Crippen LogP contribution in [-0.2, 0) is 9.47 Å². The van der Waals surface area contributed by atoms with E-state index in [2.05, 4.69) is 54.9 Å². The highest BCUT2D eigenvalue weighted by Crippen LogP contribution is 2.35. The summed E-state index contributed by atoms with van der Waals surface area (Å²) in [7, 11) is 1.68. The van der Waals surface area contributed by atoms with Crippen LogP contribution in [0.4, 0.5) is 0 Å². The molecule has 4 heteroatoms. The van der Waals surface area contributed by atoms with Gasteiger partial charge in [-0.15, -0.1) is 0 Å². The summed E-state index contributed by atoms with van der Waals surface area (Å²) in [6.07, 6.45) is 1.20. The van der Waals surface area contributed by atoms with E-state index in [9.17, 15) is 0 Å². The van der Waals surface area contributed by atoms with Gasteiger partial charge in [-0.3, -0.25) is 0 Å². The van der Waals surface area contributed by atoms with E-state index < -0.39 is 0 Å². The minimum Gasteiger partial charge on any atom is -0.488 e. The molecule has 0 aliphatic heterocycles. The second kappa shape index (κ2) is 7.61. The van der Waals surface area contributed by atoms with E-state index in [-0.39, 0.29) is 12.2 Å². The first-order valence-corrected chi connectivity index (χ1v) is 8.46. The van der Waals surface area contributed by atoms with Gasteiger partial charge in [-0.1, -0.05) is 35.8 Å². The van der Waals surface area contributed by atoms with E-state index in [1.54, 1.807) is 7.11 Å². The van der Waals surface area contributed by atoms with Crippen molar-refractivity contribution in [2.75, 3.05) is 20.3 Å². The standard InChI is InChI=1S/C17H25BrO3/c1-11(2)14-6-5-13(9-12(14)3)21-16-10-15(18)17(16)20-8-7-19-4/h5-6,9,11,15-17H,7-8,10H2,1-4H3. The second-order valence-electron chi connectivity index (χ2n) is 5.91. The smallest absolute Gasteiger partial charge is 0.127 e. The van der Waals surface area contributed by atoms with Crippen LogP contribution < -0.4 is 4.74 Å². The number of ether oxygens (including phenoxy) is 3. The molecular formula is C17H25BrO3. The summed E-state index contributed by atoms with van der Waals surface area (Å²) in [6.45, 7) is 7.79. The summed E-state index contributed by atoms with van der Waals surface area (Å²) < 4.78 is 16.9. The van der Waals surface area contributed by atoms with Crippen LogP contribution in [0, 0.1) is 6.92 Å². The van der Waals surface area contributed by atoms with Crippen LogP contribution in [0.15, 0.2) is 18.2 Å². The third-order valence-corrected chi connectivity index (χ3v) is 4.82. The molecule has 1 aliphatic carbocycles. The van der Waals surface area contributed by atoms with Crippen molar-refractivity contribution in [3.8, 4) is 5.75 Å². The Morgan fingerprint density at radius 3 is 2.62 bits per heavy atom. The summed E-state index contributed by atoms with van der Waals surface area (Å²) in [5.41, 5.74) is 2.66. The molecule has 3 nitrogen and oxygen atoms in total. The molecule has 0 radical (unpaired) electrons. The summed E-state index contributed by atoms with van der Waals surface area (Å²) in [6, 6.07) is 6.36. The maximum Gasteiger partial charge on any atom is 0.127 e. The van der Waals surface area contributed by atoms with Crippen molar-refractivity contribution < 1.29 is 14.2 Å². The zero-order valence-corrected chi connectivity index (χ0v) is 14.9. The molecule has 0 heterocycles. The molecule has 0 bridgehead atoms. The van der Waals surface area contributed by atoms with Crippen LogP contribution in [0.25, 0.3) is 0 Å². The number of rotatable bonds is 7. The van der Waals surface area contributed by atoms with Crippen LogP contribution in [0.1, 0.15) is 37.3 Å². The molecule has 2 rings (SSSR count). The fraction of sp³-hybridized carbons (Fsp3) is 0.647. The number of alkyl halides is 1. The Labute approximate surface area is 136 Å². The monoisotopic (exact) mass is 356 g/mol. The maximum atomic E-state index is 6.08. The summed E-state index contributed by atoms with van der Waals surface area (Å²) in [4.78, 5) is 0.371. The highest BCUT2D eigenvalue weighted by Gasteiger charge is 2.42. The first kappa shape index (κ1) is 16.8. The maximum absolute atomic E-state index is 6.08. The highest BCUT2D eigenvalue weighted by molar-refractivity contribution is 9.09. The Balaban J connectivity index is 1.93. The van der Waals surface area contributed by atoms with Gasteiger partial charge < -0.3 is 14.2 Å². The third-order valence-electron chi connectivity index (χ3n) is 3.93. The number of hydrogen-bond donors (Lipinski definition) is 0. The lowest BCUT2D eigenvalue weighted by Gasteiger charge is -2.41. The molecule has 0 aromatic heterocycles. The van der Waals surface area contributed by atoms with E-state index >= 15 is 0 Å². The normalized spacial score (nSPS) is 25.0. The van der Waals surface area contributed by atoms with Crippen LogP contribution in [-0.4, -0.2) is 37.4 Å². The van der Waals surface area contributed by atoms with E-state index in [1.165, 1.54) is 11.1 Å². The minimum absolute atomic E-state index is 0.102. The van der Waals surface area contributed by atoms with Crippen LogP contribution >= 0.6 is 15.9 Å². The molecule has 3 atom stereocenters. The van der Waals surface area contributed by atoms with Crippen LogP contribution in [0.5, 0.6) is 5.75 Å². The van der Waals surface area contributed by atoms with Crippen molar-refractivity contribution in [1.82, 2.24) is 0 Å². The number of halogens is 1. The summed E-state index contributed by atoms with van der Waals surface area (Å²) in [5.74, 6) is 1.47. The average Bonchev–Trinajstić information content (AvgIpc) is 2.42. The van der Waals surface area contributed by atoms with Crippen LogP contribution in [0.3, 0.4) is 0 Å². The SMILES string of the molecule is COCCOC1C(Br)CC1Oc1ccc(C(C)C)c(C)c1. The van der Waals surface area contributed by atoms with Crippen molar-refractivity contribution in [2.24, 2.45) is 0 Å². The fourth-order valence-electron chi connectivity index (χ4n) is 2.67. The topological polar surface area (TPSA) is 27.7 Å². The van der Waals surface area contributed by atoms with E-state index in [0.717, 1.165) is 12.2 Å². The van der Waals surface area contributed by atoms with E-state index in [4.69, 9.17) is 14.2 Å². The van der Waals surface area contributed by atoms with Crippen molar-refractivity contribution in [2.45, 2.75) is 50.1 Å². The number of benzene rings is 1. The molecule has 0 spiro atoms. The molecule has 0 N–H and O–H groups in total. The van der Waals surface area contributed by atoms with Gasteiger partial charge in [0.1, 0.15) is 18.0 Å². The average molecular weight is 357 g/mol. The summed E-state index contributed by atoms with van der Waals surface area (Å²) in [5, 5.41) is 0. The summed E-state index contributed by atoms with van der Waals surface area (Å²) >= 11 is 3.63. The Morgan fingerprint density at radius 2 is 2.05 bits per heavy atom. The lowest BCUT2D eigenvalue weighted by Crippen LogP contribution is -2.52. The number of methoxy groups -OCH3 is 1. The quantitative estimate of drug-likeness (QED) is 0.544. The van der Waals surface area contributed by atoms with Gasteiger partial charge in [0.2, 0.25) is 0 Å². The molecule has 1 aliphatic rings. The van der Waals surface area contributed by atoms with Gasteiger partial charge >= 0.3 is 0 Å². The molecule has 21 heavy (non-hydrogen) atoms. The predicted molar refractivity (Wildman–Crippen MR) is 88.6 cm³/mol. The lowest BCUT2D eigenvalue weighted by molar-refractivity contribution is -0.0865. The Hall–Kier alpha value is -0.580. The van der Waals surface area contributed by atoms with E-state index in [0.29, 0.717) is 24.0 Å². The Morgan fingerprint density at radius 1 is 1.29 bits per heavy atom. The molecule has 1 aromatic carbocycles. The van der Waals surface area contributed by atoms with E-state index in [1.807, 2.05) is 0 Å². The molecule has 1 fully saturated rings. The zero-order valence-electron chi connectivity index (χ0n) is 13.3. The van der Waals surface area contributed by atoms with Gasteiger partial charge in [-0.05, 0) is 36.1 Å². The van der Waals surface area contributed by atoms with Crippen molar-refractivity contribution in [3.05, 3.63) is 29.3 Å². The molecule has 0 amide bonds. The number of aryl methyl sites for hydroxylation is 1. The Bertz CT molecular complexity index is 461. The molecule has 0 saturated heterocycles. The molecular weight excluding hydrogens is 332 g/mol. The predicted octanol–water partition coefficient (Wildman–Crippen LogP) is 4.06. The first-order chi connectivity index (χ1) is 10.0. The largest absolute Gasteiger partial charge is 0.488 e. The van der Waals surface area contributed by atoms with Gasteiger partial charge in [-0.25, -0.2) is 0 Å². The van der Waals surface area contributed by atoms with Crippen molar-refractivity contribution in [1.29, 1.82) is 0 Å². The number of hydrogen-bond acceptors (Lipinski definition) is 3. The van der Waals surface area contributed by atoms with Crippen LogP contribution in [0.2, 0.25) is 0 Å². The second-order valence-corrected chi connectivity index (χ2v) is 7.09. The minimum atomic E-state index is 0.102. The molecule has 3 unspecified atom stereocenters. The third kappa shape index (κ3) is 4.21. The van der Waals surface area contributed by atoms with Gasteiger partial charge in [0.25, 0.3) is 0 Å². The Kier molecular flexibility index (Phi) is 6.08. The van der Waals surface area contributed by atoms with Crippen molar-refractivity contribution >= 4 is 15.9 Å². The first-order valence-electron chi connectivity index (χ1n) is 7.54.